The van der Waals surface area contributed by atoms with Crippen LogP contribution in [-0.2, 0) is 10.0 Å². The van der Waals surface area contributed by atoms with Crippen molar-refractivity contribution in [3.05, 3.63) is 22.7 Å². The van der Waals surface area contributed by atoms with Gasteiger partial charge in [-0.2, -0.15) is 0 Å². The topological polar surface area (TPSA) is 55.4 Å². The van der Waals surface area contributed by atoms with Gasteiger partial charge in [0.1, 0.15) is 10.6 Å². The lowest BCUT2D eigenvalue weighted by atomic mass is 10.2. The molecule has 1 aromatic rings. The Kier molecular flexibility index (Phi) is 5.01. The zero-order valence-corrected chi connectivity index (χ0v) is 12.5. The van der Waals surface area contributed by atoms with Crippen molar-refractivity contribution < 1.29 is 13.2 Å². The summed E-state index contributed by atoms with van der Waals surface area (Å²) in [6.45, 7) is 6.03. The number of benzene rings is 1. The van der Waals surface area contributed by atoms with Crippen LogP contribution in [0.1, 0.15) is 19.4 Å². The van der Waals surface area contributed by atoms with Crippen LogP contribution in [0.2, 0.25) is 5.02 Å². The van der Waals surface area contributed by atoms with Crippen LogP contribution in [0.3, 0.4) is 0 Å². The van der Waals surface area contributed by atoms with Crippen LogP contribution in [0.25, 0.3) is 0 Å². The van der Waals surface area contributed by atoms with E-state index in [1.54, 1.807) is 13.0 Å². The first-order chi connectivity index (χ1) is 8.27. The lowest BCUT2D eigenvalue weighted by molar-refractivity contribution is 0.402. The lowest BCUT2D eigenvalue weighted by Gasteiger charge is -2.13. The van der Waals surface area contributed by atoms with Gasteiger partial charge in [-0.15, -0.1) is 0 Å². The Morgan fingerprint density at radius 3 is 2.50 bits per heavy atom. The summed E-state index contributed by atoms with van der Waals surface area (Å²) in [5.74, 6) is 0.528. The Morgan fingerprint density at radius 1 is 1.39 bits per heavy atom. The molecule has 1 aromatic carbocycles. The van der Waals surface area contributed by atoms with E-state index in [-0.39, 0.29) is 10.8 Å². The highest BCUT2D eigenvalue weighted by molar-refractivity contribution is 7.89. The zero-order valence-electron chi connectivity index (χ0n) is 11.0. The van der Waals surface area contributed by atoms with Crippen molar-refractivity contribution in [3.63, 3.8) is 0 Å². The molecule has 0 aromatic heterocycles. The maximum atomic E-state index is 12.1. The number of hydrogen-bond donors (Lipinski definition) is 1. The van der Waals surface area contributed by atoms with Crippen molar-refractivity contribution in [2.75, 3.05) is 13.7 Å². The van der Waals surface area contributed by atoms with Gasteiger partial charge in [-0.1, -0.05) is 25.4 Å². The van der Waals surface area contributed by atoms with Crippen LogP contribution in [0, 0.1) is 12.8 Å². The number of methoxy groups -OCH3 is 1. The fourth-order valence-electron chi connectivity index (χ4n) is 1.36. The van der Waals surface area contributed by atoms with Gasteiger partial charge in [0.25, 0.3) is 0 Å². The summed E-state index contributed by atoms with van der Waals surface area (Å²) in [7, 11) is -2.16. The molecule has 0 aliphatic rings. The average molecular weight is 292 g/mol. The van der Waals surface area contributed by atoms with Crippen LogP contribution in [0.4, 0.5) is 0 Å². The first kappa shape index (κ1) is 15.3. The first-order valence-corrected chi connectivity index (χ1v) is 7.48. The van der Waals surface area contributed by atoms with Gasteiger partial charge in [0.2, 0.25) is 10.0 Å². The molecule has 4 nitrogen and oxygen atoms in total. The summed E-state index contributed by atoms with van der Waals surface area (Å²) in [5.41, 5.74) is 0.774. The second-order valence-electron chi connectivity index (χ2n) is 4.50. The number of hydrogen-bond acceptors (Lipinski definition) is 3. The normalized spacial score (nSPS) is 11.9. The summed E-state index contributed by atoms with van der Waals surface area (Å²) < 4.78 is 31.9. The highest BCUT2D eigenvalue weighted by Gasteiger charge is 2.20. The quantitative estimate of drug-likeness (QED) is 0.907. The Bertz CT molecular complexity index is 526. The molecule has 0 bridgehead atoms. The molecule has 0 aliphatic heterocycles. The van der Waals surface area contributed by atoms with E-state index in [9.17, 15) is 8.42 Å². The molecule has 6 heteroatoms. The minimum atomic E-state index is -3.60. The monoisotopic (exact) mass is 291 g/mol. The molecule has 0 fully saturated rings. The van der Waals surface area contributed by atoms with Crippen molar-refractivity contribution in [3.8, 4) is 5.75 Å². The van der Waals surface area contributed by atoms with Gasteiger partial charge in [0, 0.05) is 11.6 Å². The lowest BCUT2D eigenvalue weighted by Crippen LogP contribution is -2.28. The van der Waals surface area contributed by atoms with Crippen molar-refractivity contribution in [1.29, 1.82) is 0 Å². The Balaban J connectivity index is 3.19. The van der Waals surface area contributed by atoms with E-state index in [0.29, 0.717) is 17.3 Å². The second-order valence-corrected chi connectivity index (χ2v) is 6.64. The number of aryl methyl sites for hydroxylation is 1. The number of sulfonamides is 1. The summed E-state index contributed by atoms with van der Waals surface area (Å²) in [5, 5.41) is 0.403. The maximum Gasteiger partial charge on any atom is 0.244 e. The third kappa shape index (κ3) is 3.60. The SMILES string of the molecule is COc1cc(C)c(Cl)cc1S(=O)(=O)NCC(C)C. The predicted molar refractivity (Wildman–Crippen MR) is 72.8 cm³/mol. The van der Waals surface area contributed by atoms with Crippen molar-refractivity contribution >= 4 is 21.6 Å². The van der Waals surface area contributed by atoms with Crippen molar-refractivity contribution in [2.24, 2.45) is 5.92 Å². The van der Waals surface area contributed by atoms with Crippen LogP contribution < -0.4 is 9.46 Å². The van der Waals surface area contributed by atoms with Gasteiger partial charge in [0.15, 0.2) is 0 Å². The third-order valence-electron chi connectivity index (χ3n) is 2.42. The second kappa shape index (κ2) is 5.91. The van der Waals surface area contributed by atoms with Gasteiger partial charge in [-0.3, -0.25) is 0 Å². The molecule has 0 heterocycles. The van der Waals surface area contributed by atoms with E-state index >= 15 is 0 Å². The fraction of sp³-hybridized carbons (Fsp3) is 0.500. The number of nitrogens with one attached hydrogen (secondary N) is 1. The van der Waals surface area contributed by atoms with Crippen LogP contribution in [0.15, 0.2) is 17.0 Å². The molecule has 1 rings (SSSR count). The maximum absolute atomic E-state index is 12.1. The Labute approximate surface area is 113 Å². The Hall–Kier alpha value is -0.780. The largest absolute Gasteiger partial charge is 0.495 e. The molecule has 0 aliphatic carbocycles. The van der Waals surface area contributed by atoms with Gasteiger partial charge in [-0.25, -0.2) is 13.1 Å². The molecule has 0 saturated carbocycles. The Morgan fingerprint density at radius 2 is 2.00 bits per heavy atom. The molecule has 0 unspecified atom stereocenters. The average Bonchev–Trinajstić information content (AvgIpc) is 2.29. The van der Waals surface area contributed by atoms with Gasteiger partial charge < -0.3 is 4.74 Å². The smallest absolute Gasteiger partial charge is 0.244 e. The molecule has 102 valence electrons. The zero-order chi connectivity index (χ0) is 13.9. The van der Waals surface area contributed by atoms with Gasteiger partial charge in [0.05, 0.1) is 7.11 Å². The minimum Gasteiger partial charge on any atom is -0.495 e. The predicted octanol–water partition coefficient (Wildman–Crippen LogP) is 2.59. The van der Waals surface area contributed by atoms with E-state index in [1.807, 2.05) is 13.8 Å². The van der Waals surface area contributed by atoms with Crippen molar-refractivity contribution in [2.45, 2.75) is 25.7 Å². The van der Waals surface area contributed by atoms with E-state index in [0.717, 1.165) is 5.56 Å². The molecule has 0 saturated heterocycles. The molecule has 0 spiro atoms. The van der Waals surface area contributed by atoms with Crippen LogP contribution in [0.5, 0.6) is 5.75 Å². The molecule has 0 amide bonds. The summed E-state index contributed by atoms with van der Waals surface area (Å²) >= 11 is 5.96. The van der Waals surface area contributed by atoms with E-state index in [1.165, 1.54) is 13.2 Å². The molecular formula is C12H18ClNO3S. The number of halogens is 1. The van der Waals surface area contributed by atoms with Gasteiger partial charge >= 0.3 is 0 Å². The van der Waals surface area contributed by atoms with Crippen molar-refractivity contribution in [1.82, 2.24) is 4.72 Å². The molecular weight excluding hydrogens is 274 g/mol. The highest BCUT2D eigenvalue weighted by Crippen LogP contribution is 2.29. The third-order valence-corrected chi connectivity index (χ3v) is 4.27. The molecule has 18 heavy (non-hydrogen) atoms. The number of rotatable bonds is 5. The number of ether oxygens (including phenoxy) is 1. The van der Waals surface area contributed by atoms with E-state index in [4.69, 9.17) is 16.3 Å². The van der Waals surface area contributed by atoms with Gasteiger partial charge in [-0.05, 0) is 30.5 Å². The highest BCUT2D eigenvalue weighted by atomic mass is 35.5. The summed E-state index contributed by atoms with van der Waals surface area (Å²) in [6.07, 6.45) is 0. The van der Waals surface area contributed by atoms with Crippen LogP contribution in [-0.4, -0.2) is 22.1 Å². The molecule has 0 radical (unpaired) electrons. The minimum absolute atomic E-state index is 0.0706. The molecule has 0 atom stereocenters. The van der Waals surface area contributed by atoms with E-state index < -0.39 is 10.0 Å². The summed E-state index contributed by atoms with van der Waals surface area (Å²) in [4.78, 5) is 0.0706. The first-order valence-electron chi connectivity index (χ1n) is 5.61. The fourth-order valence-corrected chi connectivity index (χ4v) is 2.98. The van der Waals surface area contributed by atoms with Crippen LogP contribution >= 0.6 is 11.6 Å². The van der Waals surface area contributed by atoms with E-state index in [2.05, 4.69) is 4.72 Å². The summed E-state index contributed by atoms with van der Waals surface area (Å²) in [6, 6.07) is 3.03. The standard InChI is InChI=1S/C12H18ClNO3S/c1-8(2)7-14-18(15,16)12-6-10(13)9(3)5-11(12)17-4/h5-6,8,14H,7H2,1-4H3. The molecule has 1 N–H and O–H groups in total.